The molecule has 0 radical (unpaired) electrons. The van der Waals surface area contributed by atoms with Gasteiger partial charge < -0.3 is 9.80 Å². The third-order valence-electron chi connectivity index (χ3n) is 6.19. The Morgan fingerprint density at radius 2 is 1.83 bits per heavy atom. The molecule has 0 aliphatic carbocycles. The molecule has 6 heteroatoms. The molecule has 4 heterocycles. The number of aromatic nitrogens is 3. The summed E-state index contributed by atoms with van der Waals surface area (Å²) in [5.41, 5.74) is 2.96. The second-order valence-corrected chi connectivity index (χ2v) is 7.87. The van der Waals surface area contributed by atoms with Crippen molar-refractivity contribution in [2.75, 3.05) is 24.5 Å². The van der Waals surface area contributed by atoms with Crippen LogP contribution in [-0.2, 0) is 0 Å². The van der Waals surface area contributed by atoms with Crippen molar-refractivity contribution in [3.63, 3.8) is 0 Å². The van der Waals surface area contributed by atoms with Gasteiger partial charge in [0.05, 0.1) is 12.2 Å². The zero-order valence-electron chi connectivity index (χ0n) is 16.3. The Bertz CT molecular complexity index is 1010. The van der Waals surface area contributed by atoms with Crippen molar-refractivity contribution in [2.24, 2.45) is 11.8 Å². The van der Waals surface area contributed by atoms with Crippen LogP contribution in [0.4, 0.5) is 5.82 Å². The van der Waals surface area contributed by atoms with E-state index in [1.165, 1.54) is 11.1 Å². The van der Waals surface area contributed by atoms with Crippen LogP contribution in [0.25, 0.3) is 0 Å². The van der Waals surface area contributed by atoms with Crippen LogP contribution in [0.15, 0.2) is 67.3 Å². The molecule has 146 valence electrons. The lowest BCUT2D eigenvalue weighted by molar-refractivity contribution is 0.0709. The first-order chi connectivity index (χ1) is 14.2. The topological polar surface area (TPSA) is 62.2 Å². The quantitative estimate of drug-likeness (QED) is 0.693. The molecule has 29 heavy (non-hydrogen) atoms. The number of hydrogen-bond donors (Lipinski definition) is 0. The fourth-order valence-electron chi connectivity index (χ4n) is 4.85. The van der Waals surface area contributed by atoms with E-state index in [0.717, 1.165) is 25.5 Å². The molecule has 6 nitrogen and oxygen atoms in total. The molecule has 2 aromatic heterocycles. The number of aryl methyl sites for hydroxylation is 1. The monoisotopic (exact) mass is 385 g/mol. The molecule has 0 spiro atoms. The lowest BCUT2D eigenvalue weighted by atomic mass is 9.87. The van der Waals surface area contributed by atoms with Crippen molar-refractivity contribution >= 4 is 11.7 Å². The van der Waals surface area contributed by atoms with Gasteiger partial charge >= 0.3 is 0 Å². The van der Waals surface area contributed by atoms with Gasteiger partial charge in [-0.3, -0.25) is 14.8 Å². The van der Waals surface area contributed by atoms with E-state index in [1.54, 1.807) is 24.7 Å². The number of pyridine rings is 1. The van der Waals surface area contributed by atoms with Crippen LogP contribution in [0.5, 0.6) is 0 Å². The highest BCUT2D eigenvalue weighted by Gasteiger charge is 2.50. The average molecular weight is 385 g/mol. The molecule has 2 aliphatic rings. The van der Waals surface area contributed by atoms with Gasteiger partial charge in [-0.2, -0.15) is 0 Å². The fourth-order valence-corrected chi connectivity index (χ4v) is 4.85. The van der Waals surface area contributed by atoms with E-state index in [0.29, 0.717) is 17.5 Å². The highest BCUT2D eigenvalue weighted by atomic mass is 16.2. The predicted octanol–water partition coefficient (Wildman–Crippen LogP) is 3.13. The number of likely N-dealkylation sites (tertiary alicyclic amines) is 1. The largest absolute Gasteiger partial charge is 0.355 e. The predicted molar refractivity (Wildman–Crippen MR) is 110 cm³/mol. The average Bonchev–Trinajstić information content (AvgIpc) is 3.33. The molecule has 2 aliphatic heterocycles. The zero-order valence-corrected chi connectivity index (χ0v) is 16.3. The number of amides is 1. The zero-order chi connectivity index (χ0) is 19.8. The lowest BCUT2D eigenvalue weighted by Gasteiger charge is -2.31. The van der Waals surface area contributed by atoms with Gasteiger partial charge in [-0.1, -0.05) is 30.3 Å². The van der Waals surface area contributed by atoms with Crippen LogP contribution >= 0.6 is 0 Å². The SMILES string of the molecule is Cc1ccccc1[C@@H]1[C@H]2CN(c3cnccn3)C[C@H]2CN1C(=O)c1ccccn1. The van der Waals surface area contributed by atoms with Gasteiger partial charge in [0.2, 0.25) is 0 Å². The van der Waals surface area contributed by atoms with E-state index in [4.69, 9.17) is 0 Å². The first kappa shape index (κ1) is 17.8. The molecule has 3 atom stereocenters. The Balaban J connectivity index is 1.50. The van der Waals surface area contributed by atoms with Crippen LogP contribution in [0.3, 0.4) is 0 Å². The number of hydrogen-bond acceptors (Lipinski definition) is 5. The van der Waals surface area contributed by atoms with Crippen LogP contribution in [0.1, 0.15) is 27.7 Å². The Morgan fingerprint density at radius 3 is 2.59 bits per heavy atom. The van der Waals surface area contributed by atoms with Crippen molar-refractivity contribution in [3.05, 3.63) is 84.1 Å². The Morgan fingerprint density at radius 1 is 0.966 bits per heavy atom. The van der Waals surface area contributed by atoms with Crippen LogP contribution in [-0.4, -0.2) is 45.4 Å². The molecule has 2 saturated heterocycles. The Kier molecular flexibility index (Phi) is 4.46. The maximum absolute atomic E-state index is 13.4. The highest BCUT2D eigenvalue weighted by Crippen LogP contribution is 2.46. The van der Waals surface area contributed by atoms with Gasteiger partial charge in [0.1, 0.15) is 11.5 Å². The Labute approximate surface area is 170 Å². The normalized spacial score (nSPS) is 23.3. The number of fused-ring (bicyclic) bond motifs is 1. The summed E-state index contributed by atoms with van der Waals surface area (Å²) in [4.78, 5) is 30.7. The molecule has 0 bridgehead atoms. The van der Waals surface area contributed by atoms with E-state index in [2.05, 4.69) is 51.0 Å². The smallest absolute Gasteiger partial charge is 0.272 e. The van der Waals surface area contributed by atoms with Crippen LogP contribution in [0, 0.1) is 18.8 Å². The van der Waals surface area contributed by atoms with Crippen molar-refractivity contribution in [1.29, 1.82) is 0 Å². The molecule has 0 unspecified atom stereocenters. The van der Waals surface area contributed by atoms with Crippen LogP contribution in [0.2, 0.25) is 0 Å². The number of nitrogens with zero attached hydrogens (tertiary/aromatic N) is 5. The van der Waals surface area contributed by atoms with Gasteiger partial charge in [0, 0.05) is 50.1 Å². The van der Waals surface area contributed by atoms with Gasteiger partial charge in [0.25, 0.3) is 5.91 Å². The molecular formula is C23H23N5O. The second-order valence-electron chi connectivity index (χ2n) is 7.87. The van der Waals surface area contributed by atoms with Crippen molar-refractivity contribution in [1.82, 2.24) is 19.9 Å². The van der Waals surface area contributed by atoms with E-state index >= 15 is 0 Å². The summed E-state index contributed by atoms with van der Waals surface area (Å²) in [6.45, 7) is 4.61. The summed E-state index contributed by atoms with van der Waals surface area (Å²) in [6, 6.07) is 14.0. The highest BCUT2D eigenvalue weighted by molar-refractivity contribution is 5.93. The van der Waals surface area contributed by atoms with Crippen molar-refractivity contribution in [3.8, 4) is 0 Å². The van der Waals surface area contributed by atoms with E-state index in [9.17, 15) is 4.79 Å². The standard InChI is InChI=1S/C23H23N5O/c1-16-6-2-3-7-18(16)22-19-15-27(21-12-24-10-11-26-21)13-17(19)14-28(22)23(29)20-8-4-5-9-25-20/h2-12,17,19,22H,13-15H2,1H3/t17-,19-,22+/m0/s1. The minimum Gasteiger partial charge on any atom is -0.355 e. The number of rotatable bonds is 3. The number of anilines is 1. The lowest BCUT2D eigenvalue weighted by Crippen LogP contribution is -2.36. The molecule has 1 aromatic carbocycles. The molecule has 0 N–H and O–H groups in total. The first-order valence-electron chi connectivity index (χ1n) is 10.0. The van der Waals surface area contributed by atoms with Crippen molar-refractivity contribution in [2.45, 2.75) is 13.0 Å². The fraction of sp³-hybridized carbons (Fsp3) is 0.304. The minimum absolute atomic E-state index is 0.0132. The first-order valence-corrected chi connectivity index (χ1v) is 10.0. The minimum atomic E-state index is 0.0132. The maximum atomic E-state index is 13.4. The van der Waals surface area contributed by atoms with Gasteiger partial charge in [-0.25, -0.2) is 4.98 Å². The summed E-state index contributed by atoms with van der Waals surface area (Å²) in [6.07, 6.45) is 6.94. The number of carbonyl (C=O) groups is 1. The van der Waals surface area contributed by atoms with E-state index < -0.39 is 0 Å². The Hall–Kier alpha value is -3.28. The van der Waals surface area contributed by atoms with Crippen LogP contribution < -0.4 is 4.90 Å². The molecule has 0 saturated carbocycles. The number of benzene rings is 1. The molecule has 5 rings (SSSR count). The third-order valence-corrected chi connectivity index (χ3v) is 6.19. The summed E-state index contributed by atoms with van der Waals surface area (Å²) in [5.74, 6) is 1.67. The summed E-state index contributed by atoms with van der Waals surface area (Å²) in [7, 11) is 0. The molecule has 2 fully saturated rings. The van der Waals surface area contributed by atoms with Gasteiger partial charge in [-0.05, 0) is 30.2 Å². The third kappa shape index (κ3) is 3.14. The molecule has 3 aromatic rings. The van der Waals surface area contributed by atoms with Gasteiger partial charge in [-0.15, -0.1) is 0 Å². The summed E-state index contributed by atoms with van der Waals surface area (Å²) in [5, 5.41) is 0. The summed E-state index contributed by atoms with van der Waals surface area (Å²) >= 11 is 0. The second kappa shape index (κ2) is 7.28. The number of carbonyl (C=O) groups excluding carboxylic acids is 1. The van der Waals surface area contributed by atoms with Crippen molar-refractivity contribution < 1.29 is 4.79 Å². The van der Waals surface area contributed by atoms with E-state index in [-0.39, 0.29) is 11.9 Å². The van der Waals surface area contributed by atoms with Gasteiger partial charge in [0.15, 0.2) is 0 Å². The molecular weight excluding hydrogens is 362 g/mol. The summed E-state index contributed by atoms with van der Waals surface area (Å²) < 4.78 is 0. The maximum Gasteiger partial charge on any atom is 0.272 e. The molecule has 1 amide bonds. The van der Waals surface area contributed by atoms with E-state index in [1.807, 2.05) is 23.2 Å².